The third kappa shape index (κ3) is 3.51. The van der Waals surface area contributed by atoms with Crippen LogP contribution in [0.4, 0.5) is 0 Å². The summed E-state index contributed by atoms with van der Waals surface area (Å²) in [6, 6.07) is 6.11. The van der Waals surface area contributed by atoms with Crippen molar-refractivity contribution in [3.8, 4) is 0 Å². The topological polar surface area (TPSA) is 71.4 Å². The summed E-state index contributed by atoms with van der Waals surface area (Å²) in [5.41, 5.74) is 1.24. The fourth-order valence-corrected chi connectivity index (χ4v) is 4.22. The van der Waals surface area contributed by atoms with Crippen LogP contribution in [0.15, 0.2) is 24.3 Å². The van der Waals surface area contributed by atoms with Crippen molar-refractivity contribution in [3.05, 3.63) is 35.4 Å². The monoisotopic (exact) mass is 346 g/mol. The molecule has 0 aromatic heterocycles. The molecule has 0 radical (unpaired) electrons. The Morgan fingerprint density at radius 3 is 2.12 bits per heavy atom. The number of hydrogen-bond donors (Lipinski definition) is 1. The third-order valence-corrected chi connectivity index (χ3v) is 8.76. The van der Waals surface area contributed by atoms with E-state index in [1.54, 1.807) is 12.1 Å². The molecular weight excluding hydrogens is 320 g/mol. The Kier molecular flexibility index (Phi) is 5.13. The highest BCUT2D eigenvalue weighted by Gasteiger charge is 2.48. The average molecular weight is 346 g/mol. The van der Waals surface area contributed by atoms with Crippen LogP contribution in [-0.4, -0.2) is 30.7 Å². The van der Waals surface area contributed by atoms with Gasteiger partial charge in [-0.3, -0.25) is 9.59 Å². The average Bonchev–Trinajstić information content (AvgIpc) is 2.70. The SMILES string of the molecule is CC1C(=O)C(c2ccc(C(=O)O)cc2)C(=O)C1CC(C)[Si](C)(C)C. The van der Waals surface area contributed by atoms with Gasteiger partial charge >= 0.3 is 5.97 Å². The molecule has 0 bridgehead atoms. The van der Waals surface area contributed by atoms with Gasteiger partial charge in [-0.1, -0.05) is 45.6 Å². The Balaban J connectivity index is 2.25. The molecule has 1 aromatic rings. The molecule has 0 spiro atoms. The molecule has 0 heterocycles. The Labute approximate surface area is 144 Å². The number of carboxylic acids is 1. The Morgan fingerprint density at radius 1 is 1.12 bits per heavy atom. The molecule has 0 amide bonds. The van der Waals surface area contributed by atoms with Gasteiger partial charge in [-0.15, -0.1) is 0 Å². The number of carbonyl (C=O) groups is 3. The molecule has 0 saturated heterocycles. The van der Waals surface area contributed by atoms with Crippen LogP contribution in [0.25, 0.3) is 0 Å². The van der Waals surface area contributed by atoms with Gasteiger partial charge in [0.1, 0.15) is 5.92 Å². The first-order valence-electron chi connectivity index (χ1n) is 8.44. The van der Waals surface area contributed by atoms with Crippen LogP contribution in [0, 0.1) is 11.8 Å². The number of Topliss-reactive ketones (excluding diaryl/α,β-unsaturated/α-hetero) is 2. The molecular formula is C19H26O4Si. The van der Waals surface area contributed by atoms with E-state index in [4.69, 9.17) is 5.11 Å². The minimum atomic E-state index is -1.36. The Hall–Kier alpha value is -1.75. The number of hydrogen-bond acceptors (Lipinski definition) is 3. The molecule has 24 heavy (non-hydrogen) atoms. The number of benzene rings is 1. The molecule has 1 aromatic carbocycles. The second-order valence-corrected chi connectivity index (χ2v) is 13.8. The van der Waals surface area contributed by atoms with Gasteiger partial charge in [0.05, 0.1) is 5.56 Å². The zero-order valence-corrected chi connectivity index (χ0v) is 16.0. The number of rotatable bonds is 5. The maximum atomic E-state index is 12.9. The van der Waals surface area contributed by atoms with Gasteiger partial charge in [-0.05, 0) is 29.7 Å². The van der Waals surface area contributed by atoms with E-state index in [2.05, 4.69) is 26.6 Å². The van der Waals surface area contributed by atoms with Gasteiger partial charge in [0.2, 0.25) is 0 Å². The predicted molar refractivity (Wildman–Crippen MR) is 96.2 cm³/mol. The zero-order valence-electron chi connectivity index (χ0n) is 15.0. The lowest BCUT2D eigenvalue weighted by Gasteiger charge is -2.28. The van der Waals surface area contributed by atoms with Crippen molar-refractivity contribution < 1.29 is 19.5 Å². The first-order valence-corrected chi connectivity index (χ1v) is 12.0. The first kappa shape index (κ1) is 18.6. The maximum absolute atomic E-state index is 12.9. The summed E-state index contributed by atoms with van der Waals surface area (Å²) in [4.78, 5) is 36.5. The normalized spacial score (nSPS) is 25.8. The fraction of sp³-hybridized carbons (Fsp3) is 0.526. The van der Waals surface area contributed by atoms with Crippen molar-refractivity contribution in [2.45, 2.75) is 51.4 Å². The number of carboxylic acid groups (broad SMARTS) is 1. The van der Waals surface area contributed by atoms with Crippen LogP contribution in [0.2, 0.25) is 25.2 Å². The Morgan fingerprint density at radius 2 is 1.67 bits per heavy atom. The van der Waals surface area contributed by atoms with E-state index >= 15 is 0 Å². The zero-order chi connectivity index (χ0) is 18.2. The lowest BCUT2D eigenvalue weighted by atomic mass is 9.91. The van der Waals surface area contributed by atoms with Crippen LogP contribution in [0.1, 0.15) is 42.1 Å². The quantitative estimate of drug-likeness (QED) is 0.646. The summed E-state index contributed by atoms with van der Waals surface area (Å²) < 4.78 is 0. The lowest BCUT2D eigenvalue weighted by Crippen LogP contribution is -2.30. The van der Waals surface area contributed by atoms with E-state index in [-0.39, 0.29) is 29.0 Å². The van der Waals surface area contributed by atoms with E-state index < -0.39 is 20.0 Å². The van der Waals surface area contributed by atoms with E-state index in [0.29, 0.717) is 11.1 Å². The van der Waals surface area contributed by atoms with Crippen LogP contribution < -0.4 is 0 Å². The van der Waals surface area contributed by atoms with Gasteiger partial charge in [0.15, 0.2) is 11.6 Å². The number of aromatic carboxylic acids is 1. The molecule has 4 unspecified atom stereocenters. The van der Waals surface area contributed by atoms with Crippen molar-refractivity contribution >= 4 is 25.6 Å². The van der Waals surface area contributed by atoms with Crippen molar-refractivity contribution in [1.29, 1.82) is 0 Å². The Bertz CT molecular complexity index is 657. The van der Waals surface area contributed by atoms with E-state index in [1.807, 2.05) is 6.92 Å². The predicted octanol–water partition coefficient (Wildman–Crippen LogP) is 3.99. The maximum Gasteiger partial charge on any atom is 0.335 e. The van der Waals surface area contributed by atoms with Crippen LogP contribution >= 0.6 is 0 Å². The molecule has 0 aliphatic heterocycles. The largest absolute Gasteiger partial charge is 0.478 e. The molecule has 4 nitrogen and oxygen atoms in total. The highest BCUT2D eigenvalue weighted by atomic mass is 28.3. The highest BCUT2D eigenvalue weighted by Crippen LogP contribution is 2.42. The van der Waals surface area contributed by atoms with E-state index in [9.17, 15) is 14.4 Å². The molecule has 130 valence electrons. The van der Waals surface area contributed by atoms with Gasteiger partial charge < -0.3 is 5.11 Å². The minimum Gasteiger partial charge on any atom is -0.478 e. The van der Waals surface area contributed by atoms with Crippen molar-refractivity contribution in [2.75, 3.05) is 0 Å². The third-order valence-electron chi connectivity index (χ3n) is 5.56. The molecule has 5 heteroatoms. The highest BCUT2D eigenvalue weighted by molar-refractivity contribution is 6.77. The number of ketones is 2. The fourth-order valence-electron chi connectivity index (χ4n) is 3.26. The molecule has 1 aliphatic rings. The van der Waals surface area contributed by atoms with Gasteiger partial charge in [-0.2, -0.15) is 0 Å². The van der Waals surface area contributed by atoms with Gasteiger partial charge in [0.25, 0.3) is 0 Å². The summed E-state index contributed by atoms with van der Waals surface area (Å²) in [5, 5.41) is 8.97. The molecule has 1 saturated carbocycles. The summed E-state index contributed by atoms with van der Waals surface area (Å²) >= 11 is 0. The van der Waals surface area contributed by atoms with Crippen molar-refractivity contribution in [1.82, 2.24) is 0 Å². The lowest BCUT2D eigenvalue weighted by molar-refractivity contribution is -0.125. The summed E-state index contributed by atoms with van der Waals surface area (Å²) in [7, 11) is -1.36. The van der Waals surface area contributed by atoms with E-state index in [0.717, 1.165) is 6.42 Å². The standard InChI is InChI=1S/C19H26O4Si/c1-11(24(3,4)5)10-15-12(2)17(20)16(18(15)21)13-6-8-14(9-7-13)19(22)23/h6-9,11-12,15-16H,10H2,1-5H3,(H,22,23). The van der Waals surface area contributed by atoms with Crippen LogP contribution in [0.3, 0.4) is 0 Å². The second-order valence-electron chi connectivity index (χ2n) is 8.06. The number of carbonyl (C=O) groups excluding carboxylic acids is 2. The summed E-state index contributed by atoms with van der Waals surface area (Å²) in [6.07, 6.45) is 0.769. The van der Waals surface area contributed by atoms with Crippen LogP contribution in [0.5, 0.6) is 0 Å². The molecule has 1 fully saturated rings. The van der Waals surface area contributed by atoms with Crippen molar-refractivity contribution in [2.24, 2.45) is 11.8 Å². The van der Waals surface area contributed by atoms with Crippen molar-refractivity contribution in [3.63, 3.8) is 0 Å². The van der Waals surface area contributed by atoms with Crippen LogP contribution in [-0.2, 0) is 9.59 Å². The first-order chi connectivity index (χ1) is 11.0. The molecule has 1 aliphatic carbocycles. The van der Waals surface area contributed by atoms with Gasteiger partial charge in [-0.25, -0.2) is 4.79 Å². The smallest absolute Gasteiger partial charge is 0.335 e. The minimum absolute atomic E-state index is 0.000625. The summed E-state index contributed by atoms with van der Waals surface area (Å²) in [6.45, 7) is 10.9. The second kappa shape index (κ2) is 6.63. The molecule has 4 atom stereocenters. The summed E-state index contributed by atoms with van der Waals surface area (Å²) in [5.74, 6) is -2.26. The molecule has 1 N–H and O–H groups in total. The molecule has 2 rings (SSSR count). The van der Waals surface area contributed by atoms with Gasteiger partial charge in [0, 0.05) is 19.9 Å². The van der Waals surface area contributed by atoms with E-state index in [1.165, 1.54) is 12.1 Å².